The highest BCUT2D eigenvalue weighted by atomic mass is 16.6. The summed E-state index contributed by atoms with van der Waals surface area (Å²) in [4.78, 5) is 29.5. The van der Waals surface area contributed by atoms with Crippen LogP contribution in [0.2, 0.25) is 0 Å². The fraction of sp³-hybridized carbons (Fsp3) is 0.333. The summed E-state index contributed by atoms with van der Waals surface area (Å²) in [6, 6.07) is 17.1. The van der Waals surface area contributed by atoms with Crippen molar-refractivity contribution in [3.63, 3.8) is 0 Å². The van der Waals surface area contributed by atoms with Gasteiger partial charge in [0.2, 0.25) is 0 Å². The first-order valence-corrected chi connectivity index (χ1v) is 14.1. The minimum absolute atomic E-state index is 0.177. The molecule has 2 heterocycles. The summed E-state index contributed by atoms with van der Waals surface area (Å²) in [6.45, 7) is 11.9. The maximum atomic E-state index is 12.9. The Hall–Kier alpha value is -4.86. The number of aromatic nitrogens is 3. The molecule has 0 unspecified atom stereocenters. The van der Waals surface area contributed by atoms with Gasteiger partial charge in [0.05, 0.1) is 13.7 Å². The molecule has 0 atom stereocenters. The van der Waals surface area contributed by atoms with Gasteiger partial charge in [-0.05, 0) is 74.6 Å². The van der Waals surface area contributed by atoms with Gasteiger partial charge in [-0.15, -0.1) is 0 Å². The van der Waals surface area contributed by atoms with Gasteiger partial charge in [0.15, 0.2) is 17.2 Å². The van der Waals surface area contributed by atoms with E-state index < -0.39 is 17.7 Å². The summed E-state index contributed by atoms with van der Waals surface area (Å²) >= 11 is 0. The number of aromatic amines is 1. The summed E-state index contributed by atoms with van der Waals surface area (Å²) in [7, 11) is 1.56. The van der Waals surface area contributed by atoms with Crippen molar-refractivity contribution in [3.05, 3.63) is 77.6 Å². The fourth-order valence-corrected chi connectivity index (χ4v) is 4.34. The zero-order valence-electron chi connectivity index (χ0n) is 25.6. The predicted molar refractivity (Wildman–Crippen MR) is 164 cm³/mol. The third-order valence-electron chi connectivity index (χ3n) is 6.40. The van der Waals surface area contributed by atoms with E-state index in [-0.39, 0.29) is 18.1 Å². The van der Waals surface area contributed by atoms with E-state index in [1.54, 1.807) is 59.1 Å². The van der Waals surface area contributed by atoms with Crippen LogP contribution in [0.25, 0.3) is 22.4 Å². The number of H-pyrrole nitrogens is 1. The average Bonchev–Trinajstić information content (AvgIpc) is 3.41. The summed E-state index contributed by atoms with van der Waals surface area (Å²) in [5.74, 6) is 1.20. The molecule has 10 heteroatoms. The van der Waals surface area contributed by atoms with Gasteiger partial charge in [-0.25, -0.2) is 14.6 Å². The molecule has 0 bridgehead atoms. The van der Waals surface area contributed by atoms with E-state index in [4.69, 9.17) is 18.9 Å². The number of carbonyl (C=O) groups excluding carboxylic acids is 2. The molecule has 2 N–H and O–H groups in total. The third-order valence-corrected chi connectivity index (χ3v) is 6.40. The van der Waals surface area contributed by atoms with Crippen molar-refractivity contribution in [1.82, 2.24) is 15.2 Å². The Bertz CT molecular complexity index is 1570. The van der Waals surface area contributed by atoms with Crippen molar-refractivity contribution in [2.24, 2.45) is 0 Å². The van der Waals surface area contributed by atoms with E-state index in [0.29, 0.717) is 46.4 Å². The maximum Gasteiger partial charge on any atom is 0.413 e. The first kappa shape index (κ1) is 31.1. The smallest absolute Gasteiger partial charge is 0.413 e. The number of methoxy groups -OCH3 is 1. The Balaban J connectivity index is 1.67. The maximum absolute atomic E-state index is 12.9. The van der Waals surface area contributed by atoms with Crippen LogP contribution in [0.1, 0.15) is 69.1 Å². The van der Waals surface area contributed by atoms with Crippen LogP contribution < -0.4 is 14.8 Å². The molecule has 0 aliphatic rings. The highest BCUT2D eigenvalue weighted by Gasteiger charge is 2.25. The van der Waals surface area contributed by atoms with Crippen LogP contribution in [0, 0.1) is 0 Å². The SMILES string of the molecule is CCOC(=O)c1[nH]nc(-c2ccnc(NC(=O)OC(C)(C)C)c2)c1-c1ccc(OCc2ccc(C(C)C)cc2)c(OC)c1. The summed E-state index contributed by atoms with van der Waals surface area (Å²) < 4.78 is 22.4. The van der Waals surface area contributed by atoms with Crippen LogP contribution in [0.15, 0.2) is 60.8 Å². The lowest BCUT2D eigenvalue weighted by atomic mass is 9.98. The molecule has 4 aromatic rings. The van der Waals surface area contributed by atoms with Crippen molar-refractivity contribution in [1.29, 1.82) is 0 Å². The standard InChI is InChI=1S/C33H38N4O6/c1-8-41-31(38)30-28(29(36-37-30)24-15-16-34-27(18-24)35-32(39)43-33(4,5)6)23-13-14-25(26(17-23)40-7)42-19-21-9-11-22(12-10-21)20(2)3/h9-18,20H,8,19H2,1-7H3,(H,36,37)(H,34,35,39). The number of nitrogens with one attached hydrogen (secondary N) is 2. The molecule has 0 aliphatic carbocycles. The van der Waals surface area contributed by atoms with Crippen LogP contribution in [-0.4, -0.2) is 46.6 Å². The fourth-order valence-electron chi connectivity index (χ4n) is 4.34. The van der Waals surface area contributed by atoms with E-state index in [1.807, 2.05) is 6.07 Å². The van der Waals surface area contributed by atoms with E-state index in [2.05, 4.69) is 58.6 Å². The van der Waals surface area contributed by atoms with Gasteiger partial charge in [-0.2, -0.15) is 5.10 Å². The summed E-state index contributed by atoms with van der Waals surface area (Å²) in [5.41, 5.74) is 4.02. The lowest BCUT2D eigenvalue weighted by Gasteiger charge is -2.19. The largest absolute Gasteiger partial charge is 0.493 e. The number of esters is 1. The molecule has 0 saturated heterocycles. The highest BCUT2D eigenvalue weighted by Crippen LogP contribution is 2.39. The minimum Gasteiger partial charge on any atom is -0.493 e. The number of anilines is 1. The number of carbonyl (C=O) groups is 2. The Morgan fingerprint density at radius 1 is 0.977 bits per heavy atom. The van der Waals surface area contributed by atoms with E-state index in [0.717, 1.165) is 5.56 Å². The molecule has 2 aromatic heterocycles. The topological polar surface area (TPSA) is 125 Å². The molecule has 0 fully saturated rings. The quantitative estimate of drug-likeness (QED) is 0.185. The number of amides is 1. The zero-order valence-corrected chi connectivity index (χ0v) is 25.6. The first-order valence-electron chi connectivity index (χ1n) is 14.1. The van der Waals surface area contributed by atoms with Gasteiger partial charge in [0.25, 0.3) is 0 Å². The second kappa shape index (κ2) is 13.4. The van der Waals surface area contributed by atoms with Crippen LogP contribution in [0.5, 0.6) is 11.5 Å². The van der Waals surface area contributed by atoms with Crippen LogP contribution in [0.4, 0.5) is 10.6 Å². The lowest BCUT2D eigenvalue weighted by Crippen LogP contribution is -2.27. The molecular formula is C33H38N4O6. The molecule has 0 radical (unpaired) electrons. The van der Waals surface area contributed by atoms with Crippen molar-refractivity contribution >= 4 is 17.9 Å². The molecule has 0 spiro atoms. The van der Waals surface area contributed by atoms with Crippen molar-refractivity contribution < 1.29 is 28.5 Å². The third kappa shape index (κ3) is 7.91. The molecule has 0 saturated carbocycles. The molecule has 0 aliphatic heterocycles. The molecule has 10 nitrogen and oxygen atoms in total. The first-order chi connectivity index (χ1) is 20.5. The number of nitrogens with zero attached hydrogens (tertiary/aromatic N) is 2. The molecule has 1 amide bonds. The minimum atomic E-state index is -0.668. The predicted octanol–water partition coefficient (Wildman–Crippen LogP) is 7.37. The van der Waals surface area contributed by atoms with Gasteiger partial charge in [0.1, 0.15) is 23.7 Å². The second-order valence-electron chi connectivity index (χ2n) is 11.1. The molecule has 4 rings (SSSR count). The second-order valence-corrected chi connectivity index (χ2v) is 11.1. The van der Waals surface area contributed by atoms with E-state index >= 15 is 0 Å². The molecular weight excluding hydrogens is 548 g/mol. The highest BCUT2D eigenvalue weighted by molar-refractivity contribution is 6.00. The molecule has 2 aromatic carbocycles. The Kier molecular flexibility index (Phi) is 9.70. The van der Waals surface area contributed by atoms with Gasteiger partial charge in [-0.3, -0.25) is 10.4 Å². The monoisotopic (exact) mass is 586 g/mol. The summed E-state index contributed by atoms with van der Waals surface area (Å²) in [5, 5.41) is 9.92. The number of hydrogen-bond donors (Lipinski definition) is 2. The van der Waals surface area contributed by atoms with Crippen molar-refractivity contribution in [3.8, 4) is 33.9 Å². The van der Waals surface area contributed by atoms with E-state index in [9.17, 15) is 9.59 Å². The van der Waals surface area contributed by atoms with Gasteiger partial charge < -0.3 is 18.9 Å². The van der Waals surface area contributed by atoms with Crippen molar-refractivity contribution in [2.75, 3.05) is 19.0 Å². The number of benzene rings is 2. The normalized spacial score (nSPS) is 11.3. The van der Waals surface area contributed by atoms with Crippen LogP contribution in [-0.2, 0) is 16.1 Å². The lowest BCUT2D eigenvalue weighted by molar-refractivity contribution is 0.0519. The van der Waals surface area contributed by atoms with Gasteiger partial charge >= 0.3 is 12.1 Å². The number of hydrogen-bond acceptors (Lipinski definition) is 8. The number of rotatable bonds is 10. The molecule has 43 heavy (non-hydrogen) atoms. The number of pyridine rings is 1. The van der Waals surface area contributed by atoms with Gasteiger partial charge in [0, 0.05) is 17.3 Å². The molecule has 226 valence electrons. The Morgan fingerprint density at radius 2 is 1.72 bits per heavy atom. The Morgan fingerprint density at radius 3 is 2.37 bits per heavy atom. The van der Waals surface area contributed by atoms with Gasteiger partial charge in [-0.1, -0.05) is 44.2 Å². The van der Waals surface area contributed by atoms with E-state index in [1.165, 1.54) is 11.8 Å². The van der Waals surface area contributed by atoms with Crippen LogP contribution in [0.3, 0.4) is 0 Å². The number of ether oxygens (including phenoxy) is 4. The zero-order chi connectivity index (χ0) is 31.1. The summed E-state index contributed by atoms with van der Waals surface area (Å²) in [6.07, 6.45) is 0.901. The average molecular weight is 587 g/mol. The van der Waals surface area contributed by atoms with Crippen molar-refractivity contribution in [2.45, 2.75) is 59.7 Å². The Labute approximate surface area is 251 Å². The van der Waals surface area contributed by atoms with Crippen LogP contribution >= 0.6 is 0 Å².